The van der Waals surface area contributed by atoms with Crippen LogP contribution < -0.4 is 5.32 Å². The molecular weight excluding hydrogens is 188 g/mol. The van der Waals surface area contributed by atoms with E-state index in [4.69, 9.17) is 4.74 Å². The van der Waals surface area contributed by atoms with Crippen LogP contribution in [0.15, 0.2) is 0 Å². The van der Waals surface area contributed by atoms with Gasteiger partial charge in [0.05, 0.1) is 6.10 Å². The Morgan fingerprint density at radius 3 is 2.60 bits per heavy atom. The predicted octanol–water partition coefficient (Wildman–Crippen LogP) is 1.49. The van der Waals surface area contributed by atoms with E-state index in [1.807, 2.05) is 0 Å². The second-order valence-corrected chi connectivity index (χ2v) is 4.71. The lowest BCUT2D eigenvalue weighted by molar-refractivity contribution is -0.00976. The van der Waals surface area contributed by atoms with Gasteiger partial charge in [0.25, 0.3) is 0 Å². The molecule has 1 aliphatic carbocycles. The van der Waals surface area contributed by atoms with E-state index in [2.05, 4.69) is 31.2 Å². The molecule has 0 radical (unpaired) electrons. The van der Waals surface area contributed by atoms with Gasteiger partial charge in [0, 0.05) is 12.6 Å². The molecule has 0 saturated heterocycles. The summed E-state index contributed by atoms with van der Waals surface area (Å²) in [6.45, 7) is 5.30. The fourth-order valence-corrected chi connectivity index (χ4v) is 1.96. The number of ether oxygens (including phenoxy) is 1. The molecule has 0 aromatic rings. The molecule has 0 atom stereocenters. The molecule has 3 nitrogen and oxygen atoms in total. The minimum absolute atomic E-state index is 0.536. The van der Waals surface area contributed by atoms with E-state index in [0.717, 1.165) is 19.2 Å². The summed E-state index contributed by atoms with van der Waals surface area (Å²) in [5.41, 5.74) is 0. The van der Waals surface area contributed by atoms with Crippen molar-refractivity contribution < 1.29 is 4.74 Å². The summed E-state index contributed by atoms with van der Waals surface area (Å²) in [6.07, 6.45) is 5.54. The first-order chi connectivity index (χ1) is 7.22. The molecule has 0 aromatic heterocycles. The normalized spacial score (nSPS) is 25.6. The van der Waals surface area contributed by atoms with Crippen LogP contribution in [0.4, 0.5) is 0 Å². The van der Waals surface area contributed by atoms with E-state index in [1.165, 1.54) is 32.2 Å². The first kappa shape index (κ1) is 12.9. The van der Waals surface area contributed by atoms with Crippen molar-refractivity contribution in [2.24, 2.45) is 0 Å². The molecule has 1 aliphatic rings. The average molecular weight is 214 g/mol. The first-order valence-corrected chi connectivity index (χ1v) is 6.22. The summed E-state index contributed by atoms with van der Waals surface area (Å²) in [6, 6.07) is 0.723. The fourth-order valence-electron chi connectivity index (χ4n) is 1.96. The van der Waals surface area contributed by atoms with Crippen molar-refractivity contribution in [1.82, 2.24) is 10.2 Å². The van der Waals surface area contributed by atoms with Crippen LogP contribution in [0.25, 0.3) is 0 Å². The fraction of sp³-hybridized carbons (Fsp3) is 1.00. The third kappa shape index (κ3) is 5.50. The van der Waals surface area contributed by atoms with Crippen LogP contribution in [-0.4, -0.2) is 50.8 Å². The number of unbranched alkanes of at least 4 members (excludes halogenated alkanes) is 1. The molecule has 3 heteroatoms. The van der Waals surface area contributed by atoms with Gasteiger partial charge in [-0.1, -0.05) is 0 Å². The van der Waals surface area contributed by atoms with E-state index in [0.29, 0.717) is 6.10 Å². The maximum Gasteiger partial charge on any atom is 0.0604 e. The summed E-state index contributed by atoms with van der Waals surface area (Å²) in [5, 5.41) is 3.58. The second kappa shape index (κ2) is 7.20. The maximum absolute atomic E-state index is 5.52. The van der Waals surface area contributed by atoms with Crippen molar-refractivity contribution in [1.29, 1.82) is 0 Å². The highest BCUT2D eigenvalue weighted by Gasteiger charge is 2.28. The SMILES string of the molecule is CCOC1CC(NCCCCN(C)C)C1. The van der Waals surface area contributed by atoms with Crippen LogP contribution >= 0.6 is 0 Å². The molecule has 0 bridgehead atoms. The van der Waals surface area contributed by atoms with Crippen molar-refractivity contribution in [3.05, 3.63) is 0 Å². The predicted molar refractivity (Wildman–Crippen MR) is 64.2 cm³/mol. The van der Waals surface area contributed by atoms with Gasteiger partial charge in [-0.3, -0.25) is 0 Å². The molecular formula is C12H26N2O. The summed E-state index contributed by atoms with van der Waals surface area (Å²) in [4.78, 5) is 2.24. The van der Waals surface area contributed by atoms with Gasteiger partial charge >= 0.3 is 0 Å². The lowest BCUT2D eigenvalue weighted by Crippen LogP contribution is -2.45. The van der Waals surface area contributed by atoms with Gasteiger partial charge < -0.3 is 15.0 Å². The Kier molecular flexibility index (Phi) is 6.22. The summed E-state index contributed by atoms with van der Waals surface area (Å²) < 4.78 is 5.52. The summed E-state index contributed by atoms with van der Waals surface area (Å²) in [5.74, 6) is 0. The highest BCUT2D eigenvalue weighted by molar-refractivity contribution is 4.85. The number of hydrogen-bond donors (Lipinski definition) is 1. The lowest BCUT2D eigenvalue weighted by Gasteiger charge is -2.35. The Bertz CT molecular complexity index is 156. The molecule has 0 amide bonds. The molecule has 15 heavy (non-hydrogen) atoms. The summed E-state index contributed by atoms with van der Waals surface area (Å²) in [7, 11) is 4.26. The second-order valence-electron chi connectivity index (χ2n) is 4.71. The maximum atomic E-state index is 5.52. The molecule has 0 heterocycles. The molecule has 1 fully saturated rings. The standard InChI is InChI=1S/C12H26N2O/c1-4-15-12-9-11(10-12)13-7-5-6-8-14(2)3/h11-13H,4-10H2,1-3H3. The minimum atomic E-state index is 0.536. The molecule has 0 aliphatic heterocycles. The Balaban J connectivity index is 1.82. The topological polar surface area (TPSA) is 24.5 Å². The molecule has 1 rings (SSSR count). The van der Waals surface area contributed by atoms with Crippen LogP contribution in [0.1, 0.15) is 32.6 Å². The number of rotatable bonds is 8. The van der Waals surface area contributed by atoms with E-state index in [-0.39, 0.29) is 0 Å². The van der Waals surface area contributed by atoms with Crippen molar-refractivity contribution >= 4 is 0 Å². The van der Waals surface area contributed by atoms with Gasteiger partial charge in [0.2, 0.25) is 0 Å². The Morgan fingerprint density at radius 1 is 1.27 bits per heavy atom. The highest BCUT2D eigenvalue weighted by Crippen LogP contribution is 2.22. The zero-order chi connectivity index (χ0) is 11.1. The Morgan fingerprint density at radius 2 is 2.00 bits per heavy atom. The van der Waals surface area contributed by atoms with Crippen LogP contribution in [0.3, 0.4) is 0 Å². The van der Waals surface area contributed by atoms with Crippen LogP contribution in [-0.2, 0) is 4.74 Å². The first-order valence-electron chi connectivity index (χ1n) is 6.22. The van der Waals surface area contributed by atoms with Gasteiger partial charge in [0.15, 0.2) is 0 Å². The zero-order valence-electron chi connectivity index (χ0n) is 10.5. The quantitative estimate of drug-likeness (QED) is 0.620. The van der Waals surface area contributed by atoms with Gasteiger partial charge in [-0.15, -0.1) is 0 Å². The molecule has 1 N–H and O–H groups in total. The lowest BCUT2D eigenvalue weighted by atomic mass is 9.89. The monoisotopic (exact) mass is 214 g/mol. The van der Waals surface area contributed by atoms with Gasteiger partial charge in [0.1, 0.15) is 0 Å². The van der Waals surface area contributed by atoms with Crippen LogP contribution in [0, 0.1) is 0 Å². The number of hydrogen-bond acceptors (Lipinski definition) is 3. The van der Waals surface area contributed by atoms with E-state index in [9.17, 15) is 0 Å². The van der Waals surface area contributed by atoms with E-state index < -0.39 is 0 Å². The van der Waals surface area contributed by atoms with Crippen LogP contribution in [0.2, 0.25) is 0 Å². The number of nitrogens with one attached hydrogen (secondary N) is 1. The number of nitrogens with zero attached hydrogens (tertiary/aromatic N) is 1. The molecule has 1 saturated carbocycles. The van der Waals surface area contributed by atoms with E-state index >= 15 is 0 Å². The van der Waals surface area contributed by atoms with Gasteiger partial charge in [-0.2, -0.15) is 0 Å². The largest absolute Gasteiger partial charge is 0.378 e. The average Bonchev–Trinajstić information content (AvgIpc) is 2.12. The minimum Gasteiger partial charge on any atom is -0.378 e. The zero-order valence-corrected chi connectivity index (χ0v) is 10.5. The van der Waals surface area contributed by atoms with Crippen molar-refractivity contribution in [2.75, 3.05) is 33.8 Å². The molecule has 90 valence electrons. The summed E-state index contributed by atoms with van der Waals surface area (Å²) >= 11 is 0. The van der Waals surface area contributed by atoms with Crippen molar-refractivity contribution in [2.45, 2.75) is 44.8 Å². The highest BCUT2D eigenvalue weighted by atomic mass is 16.5. The smallest absolute Gasteiger partial charge is 0.0604 e. The third-order valence-electron chi connectivity index (χ3n) is 2.96. The van der Waals surface area contributed by atoms with Gasteiger partial charge in [-0.05, 0) is 59.8 Å². The van der Waals surface area contributed by atoms with E-state index in [1.54, 1.807) is 0 Å². The molecule has 0 aromatic carbocycles. The molecule has 0 spiro atoms. The van der Waals surface area contributed by atoms with Gasteiger partial charge in [-0.25, -0.2) is 0 Å². The third-order valence-corrected chi connectivity index (χ3v) is 2.96. The van der Waals surface area contributed by atoms with Crippen molar-refractivity contribution in [3.63, 3.8) is 0 Å². The Labute approximate surface area is 94.2 Å². The molecule has 0 unspecified atom stereocenters. The van der Waals surface area contributed by atoms with Crippen molar-refractivity contribution in [3.8, 4) is 0 Å². The Hall–Kier alpha value is -0.120. The van der Waals surface area contributed by atoms with Crippen LogP contribution in [0.5, 0.6) is 0 Å².